The number of fused-ring (bicyclic) bond motifs is 1. The van der Waals surface area contributed by atoms with E-state index >= 15 is 0 Å². The van der Waals surface area contributed by atoms with Crippen molar-refractivity contribution in [3.63, 3.8) is 0 Å². The highest BCUT2D eigenvalue weighted by molar-refractivity contribution is 5.95. The molecule has 0 fully saturated rings. The van der Waals surface area contributed by atoms with Crippen molar-refractivity contribution in [1.29, 1.82) is 0 Å². The number of alkyl halides is 3. The third-order valence-electron chi connectivity index (χ3n) is 3.42. The predicted octanol–water partition coefficient (Wildman–Crippen LogP) is 4.91. The zero-order valence-electron chi connectivity index (χ0n) is 11.6. The van der Waals surface area contributed by atoms with Gasteiger partial charge in [-0.1, -0.05) is 48.5 Å². The van der Waals surface area contributed by atoms with Gasteiger partial charge in [-0.3, -0.25) is 4.68 Å². The van der Waals surface area contributed by atoms with Crippen LogP contribution in [0.5, 0.6) is 0 Å². The fraction of sp³-hybridized carbons (Fsp3) is 0.118. The van der Waals surface area contributed by atoms with Gasteiger partial charge >= 0.3 is 6.18 Å². The Labute approximate surface area is 125 Å². The highest BCUT2D eigenvalue weighted by Gasteiger charge is 2.34. The summed E-state index contributed by atoms with van der Waals surface area (Å²) in [4.78, 5) is 0. The average molecular weight is 302 g/mol. The molecule has 0 radical (unpaired) electrons. The lowest BCUT2D eigenvalue weighted by Gasteiger charge is -2.09. The standard InChI is InChI=1S/C17H13F3N2/c1-2-11-22-16-13(9-6-10-14(16)17(18,19)20)15(21-22)12-7-4-3-5-8-12/h2-10H,1,11H2. The molecule has 0 aliphatic carbocycles. The van der Waals surface area contributed by atoms with Crippen molar-refractivity contribution in [3.05, 3.63) is 66.7 Å². The second kappa shape index (κ2) is 5.33. The minimum atomic E-state index is -4.42. The van der Waals surface area contributed by atoms with Crippen LogP contribution < -0.4 is 0 Å². The lowest BCUT2D eigenvalue weighted by atomic mass is 10.0. The van der Waals surface area contributed by atoms with E-state index < -0.39 is 11.7 Å². The van der Waals surface area contributed by atoms with Crippen molar-refractivity contribution >= 4 is 10.9 Å². The highest BCUT2D eigenvalue weighted by atomic mass is 19.4. The topological polar surface area (TPSA) is 17.8 Å². The number of aromatic nitrogens is 2. The van der Waals surface area contributed by atoms with E-state index in [1.807, 2.05) is 30.3 Å². The Balaban J connectivity index is 2.35. The van der Waals surface area contributed by atoms with Crippen LogP contribution in [-0.2, 0) is 12.7 Å². The number of rotatable bonds is 3. The maximum atomic E-state index is 13.3. The summed E-state index contributed by atoms with van der Waals surface area (Å²) < 4.78 is 41.2. The van der Waals surface area contributed by atoms with Crippen molar-refractivity contribution in [2.45, 2.75) is 12.7 Å². The van der Waals surface area contributed by atoms with Gasteiger partial charge in [0.25, 0.3) is 0 Å². The van der Waals surface area contributed by atoms with Crippen LogP contribution in [0.3, 0.4) is 0 Å². The summed E-state index contributed by atoms with van der Waals surface area (Å²) in [5.41, 5.74) is 0.744. The third kappa shape index (κ3) is 2.39. The SMILES string of the molecule is C=CCn1nc(-c2ccccc2)c2cccc(C(F)(F)F)c21. The van der Waals surface area contributed by atoms with Gasteiger partial charge in [-0.05, 0) is 6.07 Å². The van der Waals surface area contributed by atoms with E-state index in [-0.39, 0.29) is 12.1 Å². The fourth-order valence-electron chi connectivity index (χ4n) is 2.53. The van der Waals surface area contributed by atoms with Gasteiger partial charge in [-0.15, -0.1) is 6.58 Å². The molecule has 0 spiro atoms. The van der Waals surface area contributed by atoms with Gasteiger partial charge in [0, 0.05) is 10.9 Å². The van der Waals surface area contributed by atoms with Crippen molar-refractivity contribution in [3.8, 4) is 11.3 Å². The van der Waals surface area contributed by atoms with E-state index in [4.69, 9.17) is 0 Å². The first-order chi connectivity index (χ1) is 10.5. The van der Waals surface area contributed by atoms with Gasteiger partial charge in [0.1, 0.15) is 5.69 Å². The van der Waals surface area contributed by atoms with Gasteiger partial charge in [-0.2, -0.15) is 18.3 Å². The molecule has 3 rings (SSSR count). The van der Waals surface area contributed by atoms with E-state index in [9.17, 15) is 13.2 Å². The van der Waals surface area contributed by atoms with E-state index in [0.29, 0.717) is 11.1 Å². The zero-order valence-corrected chi connectivity index (χ0v) is 11.6. The monoisotopic (exact) mass is 302 g/mol. The molecule has 5 heteroatoms. The minimum absolute atomic E-state index is 0.0914. The fourth-order valence-corrected chi connectivity index (χ4v) is 2.53. The Bertz CT molecular complexity index is 817. The van der Waals surface area contributed by atoms with Crippen LogP contribution in [0.25, 0.3) is 22.2 Å². The number of hydrogen-bond donors (Lipinski definition) is 0. The lowest BCUT2D eigenvalue weighted by Crippen LogP contribution is -2.09. The normalized spacial score (nSPS) is 11.8. The van der Waals surface area contributed by atoms with Gasteiger partial charge < -0.3 is 0 Å². The Morgan fingerprint density at radius 1 is 1.05 bits per heavy atom. The van der Waals surface area contributed by atoms with E-state index in [1.165, 1.54) is 16.8 Å². The minimum Gasteiger partial charge on any atom is -0.260 e. The third-order valence-corrected chi connectivity index (χ3v) is 3.42. The van der Waals surface area contributed by atoms with Crippen molar-refractivity contribution < 1.29 is 13.2 Å². The molecule has 2 nitrogen and oxygen atoms in total. The molecule has 0 N–H and O–H groups in total. The van der Waals surface area contributed by atoms with Crippen LogP contribution in [0.2, 0.25) is 0 Å². The summed E-state index contributed by atoms with van der Waals surface area (Å²) in [6.07, 6.45) is -2.89. The van der Waals surface area contributed by atoms with Gasteiger partial charge in [-0.25, -0.2) is 0 Å². The predicted molar refractivity (Wildman–Crippen MR) is 80.4 cm³/mol. The first kappa shape index (κ1) is 14.4. The van der Waals surface area contributed by atoms with E-state index in [0.717, 1.165) is 11.6 Å². The van der Waals surface area contributed by atoms with Crippen LogP contribution in [0.1, 0.15) is 5.56 Å². The van der Waals surface area contributed by atoms with Crippen LogP contribution in [0.15, 0.2) is 61.2 Å². The molecule has 0 bridgehead atoms. The molecule has 1 heterocycles. The van der Waals surface area contributed by atoms with Crippen LogP contribution >= 0.6 is 0 Å². The van der Waals surface area contributed by atoms with Gasteiger partial charge in [0.15, 0.2) is 0 Å². The summed E-state index contributed by atoms with van der Waals surface area (Å²) in [7, 11) is 0. The zero-order chi connectivity index (χ0) is 15.7. The molecular formula is C17H13F3N2. The summed E-state index contributed by atoms with van der Waals surface area (Å²) in [5.74, 6) is 0. The molecule has 22 heavy (non-hydrogen) atoms. The Kier molecular flexibility index (Phi) is 3.48. The Hall–Kier alpha value is -2.56. The van der Waals surface area contributed by atoms with Gasteiger partial charge in [0.05, 0.1) is 17.6 Å². The second-order valence-corrected chi connectivity index (χ2v) is 4.88. The number of para-hydroxylation sites is 1. The number of allylic oxidation sites excluding steroid dienone is 1. The molecule has 0 aliphatic rings. The first-order valence-electron chi connectivity index (χ1n) is 6.75. The molecule has 0 saturated carbocycles. The summed E-state index contributed by atoms with van der Waals surface area (Å²) in [5, 5.41) is 4.86. The second-order valence-electron chi connectivity index (χ2n) is 4.88. The van der Waals surface area contributed by atoms with E-state index in [2.05, 4.69) is 11.7 Å². The molecule has 0 amide bonds. The van der Waals surface area contributed by atoms with Crippen LogP contribution in [0, 0.1) is 0 Å². The number of nitrogens with zero attached hydrogens (tertiary/aromatic N) is 2. The van der Waals surface area contributed by atoms with Crippen LogP contribution in [0.4, 0.5) is 13.2 Å². The molecule has 0 saturated heterocycles. The van der Waals surface area contributed by atoms with Crippen molar-refractivity contribution in [1.82, 2.24) is 9.78 Å². The molecular weight excluding hydrogens is 289 g/mol. The molecule has 0 atom stereocenters. The van der Waals surface area contributed by atoms with Crippen LogP contribution in [-0.4, -0.2) is 9.78 Å². The smallest absolute Gasteiger partial charge is 0.260 e. The number of halogens is 3. The summed E-state index contributed by atoms with van der Waals surface area (Å²) in [6.45, 7) is 3.81. The summed E-state index contributed by atoms with van der Waals surface area (Å²) >= 11 is 0. The highest BCUT2D eigenvalue weighted by Crippen LogP contribution is 2.38. The Morgan fingerprint density at radius 3 is 2.41 bits per heavy atom. The molecule has 112 valence electrons. The molecule has 0 aliphatic heterocycles. The number of hydrogen-bond acceptors (Lipinski definition) is 1. The van der Waals surface area contributed by atoms with Crippen molar-refractivity contribution in [2.75, 3.05) is 0 Å². The first-order valence-corrected chi connectivity index (χ1v) is 6.75. The summed E-state index contributed by atoms with van der Waals surface area (Å²) in [6, 6.07) is 13.4. The molecule has 0 unspecified atom stereocenters. The van der Waals surface area contributed by atoms with Gasteiger partial charge in [0.2, 0.25) is 0 Å². The largest absolute Gasteiger partial charge is 0.418 e. The van der Waals surface area contributed by atoms with Crippen molar-refractivity contribution in [2.24, 2.45) is 0 Å². The molecule has 1 aromatic heterocycles. The average Bonchev–Trinajstić information content (AvgIpc) is 2.86. The maximum absolute atomic E-state index is 13.3. The Morgan fingerprint density at radius 2 is 1.77 bits per heavy atom. The lowest BCUT2D eigenvalue weighted by molar-refractivity contribution is -0.136. The molecule has 2 aromatic carbocycles. The maximum Gasteiger partial charge on any atom is 0.418 e. The van der Waals surface area contributed by atoms with E-state index in [1.54, 1.807) is 6.07 Å². The molecule has 3 aromatic rings. The number of benzene rings is 2. The quantitative estimate of drug-likeness (QED) is 0.629.